The molecule has 0 spiro atoms. The van der Waals surface area contributed by atoms with Crippen molar-refractivity contribution in [1.29, 1.82) is 0 Å². The maximum atomic E-state index is 4.34. The Bertz CT molecular complexity index is 75.0. The molecular weight excluding hydrogens is 112 g/mol. The van der Waals surface area contributed by atoms with E-state index >= 15 is 0 Å². The molecule has 2 nitrogen and oxygen atoms in total. The Morgan fingerprint density at radius 2 is 2.22 bits per heavy atom. The van der Waals surface area contributed by atoms with Crippen molar-refractivity contribution < 1.29 is 0 Å². The summed E-state index contributed by atoms with van der Waals surface area (Å²) in [6.07, 6.45) is 2.61. The van der Waals surface area contributed by atoms with Crippen molar-refractivity contribution in [3.8, 4) is 0 Å². The highest BCUT2D eigenvalue weighted by atomic mass is 15.1. The predicted molar refractivity (Wildman–Crippen MR) is 38.6 cm³/mol. The fourth-order valence-corrected chi connectivity index (χ4v) is 1.19. The SMILES string of the molecule is CN(C)C1CCC[N]C1. The quantitative estimate of drug-likeness (QED) is 0.495. The predicted octanol–water partition coefficient (Wildman–Crippen LogP) is 0.315. The van der Waals surface area contributed by atoms with Crippen molar-refractivity contribution in [2.45, 2.75) is 18.9 Å². The monoisotopic (exact) mass is 127 g/mol. The van der Waals surface area contributed by atoms with Gasteiger partial charge in [-0.15, -0.1) is 0 Å². The fourth-order valence-electron chi connectivity index (χ4n) is 1.19. The molecule has 1 rings (SSSR count). The molecule has 1 heterocycles. The van der Waals surface area contributed by atoms with Crippen LogP contribution in [0.4, 0.5) is 0 Å². The van der Waals surface area contributed by atoms with Crippen molar-refractivity contribution >= 4 is 0 Å². The van der Waals surface area contributed by atoms with Gasteiger partial charge in [-0.3, -0.25) is 0 Å². The Labute approximate surface area is 57.2 Å². The van der Waals surface area contributed by atoms with E-state index in [2.05, 4.69) is 24.3 Å². The Balaban J connectivity index is 2.23. The molecule has 0 aromatic carbocycles. The number of hydrogen-bond acceptors (Lipinski definition) is 1. The Morgan fingerprint density at radius 3 is 2.56 bits per heavy atom. The molecular formula is C7H15N2. The van der Waals surface area contributed by atoms with Crippen molar-refractivity contribution in [2.24, 2.45) is 0 Å². The van der Waals surface area contributed by atoms with E-state index in [9.17, 15) is 0 Å². The van der Waals surface area contributed by atoms with Gasteiger partial charge in [0.1, 0.15) is 0 Å². The van der Waals surface area contributed by atoms with Gasteiger partial charge in [0.15, 0.2) is 0 Å². The number of nitrogens with zero attached hydrogens (tertiary/aromatic N) is 2. The van der Waals surface area contributed by atoms with Gasteiger partial charge in [0.2, 0.25) is 0 Å². The van der Waals surface area contributed by atoms with Crippen LogP contribution >= 0.6 is 0 Å². The van der Waals surface area contributed by atoms with Gasteiger partial charge in [0.25, 0.3) is 0 Å². The molecule has 1 radical (unpaired) electrons. The zero-order chi connectivity index (χ0) is 6.69. The second-order valence-electron chi connectivity index (χ2n) is 2.89. The molecule has 1 aliphatic heterocycles. The Hall–Kier alpha value is -0.0800. The average Bonchev–Trinajstić information content (AvgIpc) is 1.90. The highest BCUT2D eigenvalue weighted by Gasteiger charge is 2.14. The smallest absolute Gasteiger partial charge is 0.0289 e. The van der Waals surface area contributed by atoms with E-state index in [1.165, 1.54) is 12.8 Å². The van der Waals surface area contributed by atoms with E-state index < -0.39 is 0 Å². The molecule has 1 atom stereocenters. The van der Waals surface area contributed by atoms with Crippen LogP contribution in [0.3, 0.4) is 0 Å². The molecule has 1 saturated heterocycles. The minimum atomic E-state index is 0.721. The van der Waals surface area contributed by atoms with Crippen molar-refractivity contribution in [2.75, 3.05) is 27.2 Å². The summed E-state index contributed by atoms with van der Waals surface area (Å²) in [6.45, 7) is 2.14. The fraction of sp³-hybridized carbons (Fsp3) is 1.00. The molecule has 1 aliphatic rings. The summed E-state index contributed by atoms with van der Waals surface area (Å²) >= 11 is 0. The summed E-state index contributed by atoms with van der Waals surface area (Å²) < 4.78 is 0. The Morgan fingerprint density at radius 1 is 1.44 bits per heavy atom. The van der Waals surface area contributed by atoms with Crippen LogP contribution < -0.4 is 5.32 Å². The first-order valence-corrected chi connectivity index (χ1v) is 3.60. The van der Waals surface area contributed by atoms with Crippen LogP contribution in [0.25, 0.3) is 0 Å². The van der Waals surface area contributed by atoms with Crippen LogP contribution in [0.5, 0.6) is 0 Å². The van der Waals surface area contributed by atoms with Crippen LogP contribution in [0.1, 0.15) is 12.8 Å². The van der Waals surface area contributed by atoms with Gasteiger partial charge in [-0.2, -0.15) is 0 Å². The topological polar surface area (TPSA) is 17.3 Å². The normalized spacial score (nSPS) is 29.0. The van der Waals surface area contributed by atoms with Gasteiger partial charge >= 0.3 is 0 Å². The summed E-state index contributed by atoms with van der Waals surface area (Å²) in [5.41, 5.74) is 0. The van der Waals surface area contributed by atoms with Gasteiger partial charge in [-0.25, -0.2) is 5.32 Å². The molecule has 1 fully saturated rings. The molecule has 0 N–H and O–H groups in total. The lowest BCUT2D eigenvalue weighted by Crippen LogP contribution is -2.39. The minimum Gasteiger partial charge on any atom is -0.305 e. The number of rotatable bonds is 1. The lowest BCUT2D eigenvalue weighted by molar-refractivity contribution is 0.240. The first-order chi connectivity index (χ1) is 4.30. The van der Waals surface area contributed by atoms with Gasteiger partial charge in [0.05, 0.1) is 0 Å². The standard InChI is InChI=1S/C7H15N2/c1-9(2)7-4-3-5-8-6-7/h7H,3-6H2,1-2H3. The number of hydrogen-bond donors (Lipinski definition) is 0. The Kier molecular flexibility index (Phi) is 2.49. The van der Waals surface area contributed by atoms with Crippen LogP contribution in [0, 0.1) is 0 Å². The van der Waals surface area contributed by atoms with E-state index in [1.54, 1.807) is 0 Å². The molecule has 9 heavy (non-hydrogen) atoms. The lowest BCUT2D eigenvalue weighted by atomic mass is 10.1. The third kappa shape index (κ3) is 1.95. The first-order valence-electron chi connectivity index (χ1n) is 3.60. The average molecular weight is 127 g/mol. The molecule has 0 saturated carbocycles. The van der Waals surface area contributed by atoms with Crippen LogP contribution in [0.15, 0.2) is 0 Å². The lowest BCUT2D eigenvalue weighted by Gasteiger charge is -2.27. The zero-order valence-corrected chi connectivity index (χ0v) is 6.30. The minimum absolute atomic E-state index is 0.721. The molecule has 1 unspecified atom stereocenters. The van der Waals surface area contributed by atoms with E-state index in [0.29, 0.717) is 0 Å². The summed E-state index contributed by atoms with van der Waals surface area (Å²) in [7, 11) is 4.26. The van der Waals surface area contributed by atoms with Gasteiger partial charge in [-0.1, -0.05) is 0 Å². The second kappa shape index (κ2) is 3.18. The highest BCUT2D eigenvalue weighted by Crippen LogP contribution is 2.06. The largest absolute Gasteiger partial charge is 0.305 e. The molecule has 0 bridgehead atoms. The molecule has 2 heteroatoms. The summed E-state index contributed by atoms with van der Waals surface area (Å²) in [6, 6.07) is 0.721. The maximum Gasteiger partial charge on any atom is 0.0289 e. The van der Waals surface area contributed by atoms with Crippen LogP contribution in [0.2, 0.25) is 0 Å². The molecule has 53 valence electrons. The van der Waals surface area contributed by atoms with E-state index in [4.69, 9.17) is 0 Å². The van der Waals surface area contributed by atoms with Gasteiger partial charge in [-0.05, 0) is 26.9 Å². The highest BCUT2D eigenvalue weighted by molar-refractivity contribution is 4.73. The first kappa shape index (κ1) is 7.03. The maximum absolute atomic E-state index is 4.34. The van der Waals surface area contributed by atoms with E-state index in [1.807, 2.05) is 0 Å². The van der Waals surface area contributed by atoms with E-state index in [0.717, 1.165) is 19.1 Å². The van der Waals surface area contributed by atoms with Crippen molar-refractivity contribution in [3.05, 3.63) is 0 Å². The van der Waals surface area contributed by atoms with Gasteiger partial charge < -0.3 is 4.90 Å². The third-order valence-electron chi connectivity index (χ3n) is 1.92. The van der Waals surface area contributed by atoms with Gasteiger partial charge in [0, 0.05) is 19.1 Å². The molecule has 0 amide bonds. The molecule has 0 aromatic rings. The summed E-state index contributed by atoms with van der Waals surface area (Å²) in [4.78, 5) is 2.27. The molecule has 0 aliphatic carbocycles. The van der Waals surface area contributed by atoms with E-state index in [-0.39, 0.29) is 0 Å². The second-order valence-corrected chi connectivity index (χ2v) is 2.89. The van der Waals surface area contributed by atoms with Crippen molar-refractivity contribution in [1.82, 2.24) is 10.2 Å². The summed E-state index contributed by atoms with van der Waals surface area (Å²) in [5, 5.41) is 4.34. The van der Waals surface area contributed by atoms with Crippen LogP contribution in [-0.2, 0) is 0 Å². The van der Waals surface area contributed by atoms with Crippen LogP contribution in [-0.4, -0.2) is 38.1 Å². The third-order valence-corrected chi connectivity index (χ3v) is 1.92. The van der Waals surface area contributed by atoms with Crippen molar-refractivity contribution in [3.63, 3.8) is 0 Å². The number of likely N-dealkylation sites (N-methyl/N-ethyl adjacent to an activating group) is 1. The zero-order valence-electron chi connectivity index (χ0n) is 6.30. The summed E-state index contributed by atoms with van der Waals surface area (Å²) in [5.74, 6) is 0. The number of piperidine rings is 1. The molecule has 0 aromatic heterocycles.